The molecule has 0 spiro atoms. The summed E-state index contributed by atoms with van der Waals surface area (Å²) >= 11 is 0. The molecule has 0 aromatic heterocycles. The predicted molar refractivity (Wildman–Crippen MR) is 99.9 cm³/mol. The van der Waals surface area contributed by atoms with E-state index in [1.165, 1.54) is 25.5 Å². The summed E-state index contributed by atoms with van der Waals surface area (Å²) in [7, 11) is 0. The average Bonchev–Trinajstić information content (AvgIpc) is 2.65. The second-order valence-corrected chi connectivity index (χ2v) is 9.95. The van der Waals surface area contributed by atoms with Crippen molar-refractivity contribution < 1.29 is 26.7 Å². The summed E-state index contributed by atoms with van der Waals surface area (Å²) in [5.74, 6) is -1.91. The van der Waals surface area contributed by atoms with Crippen LogP contribution in [0.25, 0.3) is 0 Å². The minimum absolute atomic E-state index is 0.101. The van der Waals surface area contributed by atoms with Gasteiger partial charge in [0, 0.05) is 37.7 Å². The monoisotopic (exact) mass is 431 g/mol. The predicted octanol–water partition coefficient (Wildman–Crippen LogP) is 4.37. The van der Waals surface area contributed by atoms with E-state index in [0.717, 1.165) is 24.2 Å². The summed E-state index contributed by atoms with van der Waals surface area (Å²) in [6, 6.07) is 0. The highest BCUT2D eigenvalue weighted by atomic mass is 19.4. The summed E-state index contributed by atoms with van der Waals surface area (Å²) in [6.45, 7) is -0.590. The summed E-state index contributed by atoms with van der Waals surface area (Å²) in [4.78, 5) is 19.8. The molecule has 1 saturated heterocycles. The fraction of sp³-hybridized carbons (Fsp3) is 0.810. The van der Waals surface area contributed by atoms with Crippen LogP contribution in [0.4, 0.5) is 22.0 Å². The molecule has 6 rings (SSSR count). The Bertz CT molecular complexity index is 758. The molecule has 4 saturated carbocycles. The first-order valence-electron chi connectivity index (χ1n) is 10.8. The van der Waals surface area contributed by atoms with Crippen LogP contribution in [0.15, 0.2) is 16.8 Å². The van der Waals surface area contributed by atoms with Gasteiger partial charge in [-0.15, -0.1) is 0 Å². The molecule has 9 heteroatoms. The van der Waals surface area contributed by atoms with Crippen molar-refractivity contribution in [2.75, 3.05) is 19.8 Å². The van der Waals surface area contributed by atoms with Crippen molar-refractivity contribution in [1.82, 2.24) is 9.80 Å². The molecule has 0 N–H and O–H groups in total. The van der Waals surface area contributed by atoms with E-state index in [2.05, 4.69) is 4.99 Å². The maximum absolute atomic E-state index is 13.7. The number of aliphatic imine (C=N–C) groups is 1. The van der Waals surface area contributed by atoms with Gasteiger partial charge < -0.3 is 9.80 Å². The Morgan fingerprint density at radius 1 is 1.00 bits per heavy atom. The molecular formula is C21H26F5N3O. The van der Waals surface area contributed by atoms with Crippen molar-refractivity contribution in [1.29, 1.82) is 0 Å². The van der Waals surface area contributed by atoms with Crippen molar-refractivity contribution in [3.05, 3.63) is 11.8 Å². The number of hydrogen-bond acceptors (Lipinski definition) is 3. The van der Waals surface area contributed by atoms with Gasteiger partial charge in [-0.25, -0.2) is 8.78 Å². The van der Waals surface area contributed by atoms with Gasteiger partial charge in [0.15, 0.2) is 5.71 Å². The number of piperidine rings is 1. The number of alkyl halides is 5. The second-order valence-electron chi connectivity index (χ2n) is 9.95. The third-order valence-corrected chi connectivity index (χ3v) is 7.82. The highest BCUT2D eigenvalue weighted by molar-refractivity contribution is 6.23. The van der Waals surface area contributed by atoms with E-state index in [1.807, 2.05) is 4.90 Å². The van der Waals surface area contributed by atoms with Gasteiger partial charge in [0.1, 0.15) is 6.67 Å². The topological polar surface area (TPSA) is 35.9 Å². The standard InChI is InChI=1S/C21H26F5N3O/c22-20(23)1-3-28(4-2-20)18(30)16-11-29(12-27-17(16)21(24,25)26)19-8-13-5-14(9-19)7-15(6-13)10-19/h11,13-15H,1-10,12H2. The third-order valence-electron chi connectivity index (χ3n) is 7.82. The molecule has 0 radical (unpaired) electrons. The minimum Gasteiger partial charge on any atom is -0.352 e. The van der Waals surface area contributed by atoms with Crippen molar-refractivity contribution in [2.45, 2.75) is 69.0 Å². The van der Waals surface area contributed by atoms with Crippen molar-refractivity contribution in [3.63, 3.8) is 0 Å². The largest absolute Gasteiger partial charge is 0.433 e. The maximum atomic E-state index is 13.7. The lowest BCUT2D eigenvalue weighted by Crippen LogP contribution is -2.59. The molecule has 166 valence electrons. The SMILES string of the molecule is O=C(C1=CN(C23CC4CC(CC(C4)C2)C3)CN=C1C(F)(F)F)N1CCC(F)(F)CC1. The summed E-state index contributed by atoms with van der Waals surface area (Å²) in [5.41, 5.74) is -1.89. The van der Waals surface area contributed by atoms with Crippen LogP contribution >= 0.6 is 0 Å². The molecule has 0 aromatic carbocycles. The molecule has 1 amide bonds. The smallest absolute Gasteiger partial charge is 0.352 e. The van der Waals surface area contributed by atoms with Crippen molar-refractivity contribution >= 4 is 11.6 Å². The zero-order valence-corrected chi connectivity index (χ0v) is 16.7. The number of amides is 1. The molecule has 0 unspecified atom stereocenters. The lowest BCUT2D eigenvalue weighted by molar-refractivity contribution is -0.133. The Hall–Kier alpha value is -1.67. The van der Waals surface area contributed by atoms with Gasteiger partial charge in [0.05, 0.1) is 5.57 Å². The lowest BCUT2D eigenvalue weighted by atomic mass is 9.52. The zero-order valence-electron chi connectivity index (χ0n) is 16.7. The number of hydrogen-bond donors (Lipinski definition) is 0. The maximum Gasteiger partial charge on any atom is 0.433 e. The Morgan fingerprint density at radius 3 is 2.03 bits per heavy atom. The number of nitrogens with zero attached hydrogens (tertiary/aromatic N) is 3. The van der Waals surface area contributed by atoms with E-state index in [9.17, 15) is 26.7 Å². The van der Waals surface area contributed by atoms with Gasteiger partial charge >= 0.3 is 6.18 Å². The number of carbonyl (C=O) groups excluding carboxylic acids is 1. The van der Waals surface area contributed by atoms with Crippen LogP contribution in [0.1, 0.15) is 51.4 Å². The average molecular weight is 431 g/mol. The van der Waals surface area contributed by atoms with Crippen LogP contribution in [0.2, 0.25) is 0 Å². The van der Waals surface area contributed by atoms with Gasteiger partial charge in [-0.2, -0.15) is 13.2 Å². The Balaban J connectivity index is 1.44. The van der Waals surface area contributed by atoms with Crippen molar-refractivity contribution in [3.8, 4) is 0 Å². The van der Waals surface area contributed by atoms with Gasteiger partial charge in [-0.3, -0.25) is 9.79 Å². The molecular weight excluding hydrogens is 405 g/mol. The fourth-order valence-corrected chi connectivity index (χ4v) is 6.80. The first-order valence-corrected chi connectivity index (χ1v) is 10.8. The van der Waals surface area contributed by atoms with E-state index in [-0.39, 0.29) is 25.3 Å². The van der Waals surface area contributed by atoms with Crippen LogP contribution in [0.5, 0.6) is 0 Å². The normalized spacial score (nSPS) is 37.8. The summed E-state index contributed by atoms with van der Waals surface area (Å²) < 4.78 is 67.9. The van der Waals surface area contributed by atoms with E-state index in [1.54, 1.807) is 0 Å². The minimum atomic E-state index is -4.76. The molecule has 4 aliphatic carbocycles. The Morgan fingerprint density at radius 2 is 1.53 bits per heavy atom. The zero-order chi connectivity index (χ0) is 21.3. The first-order chi connectivity index (χ1) is 14.0. The number of rotatable bonds is 2. The van der Waals surface area contributed by atoms with Crippen LogP contribution in [-0.4, -0.2) is 58.8 Å². The molecule has 4 nitrogen and oxygen atoms in total. The second kappa shape index (κ2) is 6.66. The van der Waals surface area contributed by atoms with Crippen LogP contribution < -0.4 is 0 Å². The molecule has 0 atom stereocenters. The highest BCUT2D eigenvalue weighted by Gasteiger charge is 2.54. The van der Waals surface area contributed by atoms with Gasteiger partial charge in [0.2, 0.25) is 0 Å². The molecule has 0 aromatic rings. The molecule has 2 heterocycles. The van der Waals surface area contributed by atoms with E-state index in [0.29, 0.717) is 17.8 Å². The highest BCUT2D eigenvalue weighted by Crippen LogP contribution is 2.58. The number of carbonyl (C=O) groups is 1. The van der Waals surface area contributed by atoms with E-state index >= 15 is 0 Å². The molecule has 5 fully saturated rings. The fourth-order valence-electron chi connectivity index (χ4n) is 6.80. The Labute approximate surface area is 172 Å². The number of halogens is 5. The van der Waals surface area contributed by atoms with E-state index in [4.69, 9.17) is 0 Å². The van der Waals surface area contributed by atoms with Gasteiger partial charge in [-0.05, 0) is 56.3 Å². The van der Waals surface area contributed by atoms with Crippen LogP contribution in [0.3, 0.4) is 0 Å². The third kappa shape index (κ3) is 3.42. The van der Waals surface area contributed by atoms with Crippen molar-refractivity contribution in [2.24, 2.45) is 22.7 Å². The Kier molecular flexibility index (Phi) is 4.50. The van der Waals surface area contributed by atoms with Crippen LogP contribution in [-0.2, 0) is 4.79 Å². The lowest BCUT2D eigenvalue weighted by Gasteiger charge is -2.60. The van der Waals surface area contributed by atoms with Gasteiger partial charge in [0.25, 0.3) is 11.8 Å². The first kappa shape index (κ1) is 20.2. The molecule has 2 aliphatic heterocycles. The van der Waals surface area contributed by atoms with Crippen LogP contribution in [0, 0.1) is 17.8 Å². The quantitative estimate of drug-likeness (QED) is 0.609. The molecule has 4 bridgehead atoms. The molecule has 30 heavy (non-hydrogen) atoms. The van der Waals surface area contributed by atoms with E-state index < -0.39 is 42.1 Å². The summed E-state index contributed by atoms with van der Waals surface area (Å²) in [5, 5.41) is 0. The van der Waals surface area contributed by atoms with Gasteiger partial charge in [-0.1, -0.05) is 0 Å². The molecule has 6 aliphatic rings. The summed E-state index contributed by atoms with van der Waals surface area (Å²) in [6.07, 6.45) is 1.95. The number of likely N-dealkylation sites (tertiary alicyclic amines) is 1.